The molecule has 0 unspecified atom stereocenters. The Kier molecular flexibility index (Phi) is 6.64. The first-order valence-corrected chi connectivity index (χ1v) is 11.0. The number of carbonyl (C=O) groups excluding carboxylic acids is 1. The molecular formula is C23H20ClN5OS. The van der Waals surface area contributed by atoms with Gasteiger partial charge >= 0.3 is 0 Å². The smallest absolute Gasteiger partial charge is 0.233 e. The molecule has 2 heterocycles. The van der Waals surface area contributed by atoms with Crippen LogP contribution < -0.4 is 0 Å². The Morgan fingerprint density at radius 1 is 1.00 bits per heavy atom. The summed E-state index contributed by atoms with van der Waals surface area (Å²) in [5.41, 5.74) is 2.83. The van der Waals surface area contributed by atoms with Crippen LogP contribution in [0.1, 0.15) is 5.56 Å². The molecule has 156 valence electrons. The first kappa shape index (κ1) is 21.1. The second-order valence-electron chi connectivity index (χ2n) is 6.87. The Morgan fingerprint density at radius 3 is 2.39 bits per heavy atom. The lowest BCUT2D eigenvalue weighted by atomic mass is 10.2. The number of para-hydroxylation sites is 1. The molecule has 0 radical (unpaired) electrons. The molecule has 0 bridgehead atoms. The SMILES string of the molecule is CN(Cc1ccc(Cl)nc1)C(=O)CSc1nnc(-c2ccccc2)n1-c1ccccc1. The molecule has 4 aromatic rings. The van der Waals surface area contributed by atoms with Gasteiger partial charge in [-0.1, -0.05) is 78.0 Å². The van der Waals surface area contributed by atoms with Crippen molar-refractivity contribution in [3.8, 4) is 17.1 Å². The quantitative estimate of drug-likeness (QED) is 0.301. The van der Waals surface area contributed by atoms with Gasteiger partial charge in [-0.05, 0) is 23.8 Å². The van der Waals surface area contributed by atoms with E-state index < -0.39 is 0 Å². The summed E-state index contributed by atoms with van der Waals surface area (Å²) < 4.78 is 1.98. The van der Waals surface area contributed by atoms with E-state index in [4.69, 9.17) is 11.6 Å². The lowest BCUT2D eigenvalue weighted by molar-refractivity contribution is -0.127. The van der Waals surface area contributed by atoms with Gasteiger partial charge in [0, 0.05) is 31.0 Å². The number of rotatable bonds is 7. The van der Waals surface area contributed by atoms with E-state index in [-0.39, 0.29) is 11.7 Å². The molecule has 0 aliphatic carbocycles. The largest absolute Gasteiger partial charge is 0.341 e. The number of thioether (sulfide) groups is 1. The number of hydrogen-bond donors (Lipinski definition) is 0. The van der Waals surface area contributed by atoms with Crippen LogP contribution in [0.5, 0.6) is 0 Å². The van der Waals surface area contributed by atoms with E-state index in [2.05, 4.69) is 15.2 Å². The van der Waals surface area contributed by atoms with Crippen molar-refractivity contribution in [3.63, 3.8) is 0 Å². The van der Waals surface area contributed by atoms with E-state index in [1.54, 1.807) is 24.2 Å². The number of carbonyl (C=O) groups is 1. The van der Waals surface area contributed by atoms with Crippen LogP contribution in [0.25, 0.3) is 17.1 Å². The lowest BCUT2D eigenvalue weighted by Gasteiger charge is -2.17. The number of amides is 1. The molecule has 0 atom stereocenters. The predicted molar refractivity (Wildman–Crippen MR) is 123 cm³/mol. The van der Waals surface area contributed by atoms with E-state index in [1.807, 2.05) is 71.3 Å². The molecular weight excluding hydrogens is 430 g/mol. The van der Waals surface area contributed by atoms with Gasteiger partial charge in [0.2, 0.25) is 5.91 Å². The average molecular weight is 450 g/mol. The highest BCUT2D eigenvalue weighted by Crippen LogP contribution is 2.28. The summed E-state index contributed by atoms with van der Waals surface area (Å²) in [5.74, 6) is 0.975. The first-order valence-electron chi connectivity index (χ1n) is 9.65. The van der Waals surface area contributed by atoms with Gasteiger partial charge in [0.1, 0.15) is 5.15 Å². The minimum Gasteiger partial charge on any atom is -0.341 e. The third-order valence-corrected chi connectivity index (χ3v) is 5.78. The van der Waals surface area contributed by atoms with Gasteiger partial charge < -0.3 is 4.90 Å². The first-order chi connectivity index (χ1) is 15.1. The molecule has 0 saturated carbocycles. The van der Waals surface area contributed by atoms with E-state index in [1.165, 1.54) is 11.8 Å². The average Bonchev–Trinajstić information content (AvgIpc) is 3.24. The number of pyridine rings is 1. The van der Waals surface area contributed by atoms with E-state index in [0.717, 1.165) is 22.6 Å². The van der Waals surface area contributed by atoms with Crippen molar-refractivity contribution < 1.29 is 4.79 Å². The maximum absolute atomic E-state index is 12.7. The minimum absolute atomic E-state index is 0.0103. The molecule has 0 aliphatic heterocycles. The van der Waals surface area contributed by atoms with Crippen molar-refractivity contribution in [3.05, 3.63) is 89.7 Å². The molecule has 0 N–H and O–H groups in total. The fourth-order valence-corrected chi connectivity index (χ4v) is 4.05. The molecule has 31 heavy (non-hydrogen) atoms. The van der Waals surface area contributed by atoms with Gasteiger partial charge in [0.05, 0.1) is 5.75 Å². The minimum atomic E-state index is -0.0103. The summed E-state index contributed by atoms with van der Waals surface area (Å²) in [6.07, 6.45) is 1.68. The van der Waals surface area contributed by atoms with Gasteiger partial charge in [-0.25, -0.2) is 4.98 Å². The van der Waals surface area contributed by atoms with Crippen LogP contribution in [0.2, 0.25) is 5.15 Å². The Morgan fingerprint density at radius 2 is 1.71 bits per heavy atom. The Bertz CT molecular complexity index is 1150. The van der Waals surface area contributed by atoms with Crippen molar-refractivity contribution in [1.29, 1.82) is 0 Å². The fourth-order valence-electron chi connectivity index (χ4n) is 3.05. The number of nitrogens with zero attached hydrogens (tertiary/aromatic N) is 5. The second-order valence-corrected chi connectivity index (χ2v) is 8.20. The Labute approximate surface area is 189 Å². The molecule has 4 rings (SSSR count). The van der Waals surface area contributed by atoms with Crippen molar-refractivity contribution in [2.75, 3.05) is 12.8 Å². The molecule has 6 nitrogen and oxygen atoms in total. The molecule has 2 aromatic heterocycles. The topological polar surface area (TPSA) is 63.9 Å². The van der Waals surface area contributed by atoms with Crippen LogP contribution in [0.3, 0.4) is 0 Å². The zero-order chi connectivity index (χ0) is 21.6. The fraction of sp³-hybridized carbons (Fsp3) is 0.130. The van der Waals surface area contributed by atoms with E-state index >= 15 is 0 Å². The van der Waals surface area contributed by atoms with Crippen molar-refractivity contribution in [2.45, 2.75) is 11.7 Å². The summed E-state index contributed by atoms with van der Waals surface area (Å²) in [6, 6.07) is 23.4. The monoisotopic (exact) mass is 449 g/mol. The third-order valence-electron chi connectivity index (χ3n) is 4.64. The van der Waals surface area contributed by atoms with Gasteiger partial charge in [0.15, 0.2) is 11.0 Å². The van der Waals surface area contributed by atoms with Gasteiger partial charge in [-0.15, -0.1) is 10.2 Å². The Balaban J connectivity index is 1.52. The summed E-state index contributed by atoms with van der Waals surface area (Å²) in [6.45, 7) is 0.463. The normalized spacial score (nSPS) is 10.8. The number of halogens is 1. The molecule has 8 heteroatoms. The molecule has 0 fully saturated rings. The van der Waals surface area contributed by atoms with Crippen LogP contribution in [0.4, 0.5) is 0 Å². The standard InChI is InChI=1S/C23H20ClN5OS/c1-28(15-17-12-13-20(24)25-14-17)21(30)16-31-23-27-26-22(18-8-4-2-5-9-18)29(23)19-10-6-3-7-11-19/h2-14H,15-16H2,1H3. The zero-order valence-electron chi connectivity index (χ0n) is 16.9. The van der Waals surface area contributed by atoms with Crippen molar-refractivity contribution in [1.82, 2.24) is 24.6 Å². The van der Waals surface area contributed by atoms with Crippen LogP contribution >= 0.6 is 23.4 Å². The maximum Gasteiger partial charge on any atom is 0.233 e. The summed E-state index contributed by atoms with van der Waals surface area (Å²) >= 11 is 7.20. The van der Waals surface area contributed by atoms with Crippen LogP contribution in [-0.2, 0) is 11.3 Å². The number of aromatic nitrogens is 4. The second kappa shape index (κ2) is 9.76. The molecule has 1 amide bonds. The summed E-state index contributed by atoms with van der Waals surface area (Å²) in [5, 5.41) is 9.88. The van der Waals surface area contributed by atoms with E-state index in [9.17, 15) is 4.79 Å². The molecule has 0 spiro atoms. The van der Waals surface area contributed by atoms with Gasteiger partial charge in [-0.2, -0.15) is 0 Å². The lowest BCUT2D eigenvalue weighted by Crippen LogP contribution is -2.28. The highest BCUT2D eigenvalue weighted by Gasteiger charge is 2.18. The van der Waals surface area contributed by atoms with Crippen LogP contribution in [-0.4, -0.2) is 43.4 Å². The summed E-state index contributed by atoms with van der Waals surface area (Å²) in [7, 11) is 1.77. The molecule has 0 saturated heterocycles. The zero-order valence-corrected chi connectivity index (χ0v) is 18.4. The van der Waals surface area contributed by atoms with Crippen molar-refractivity contribution in [2.24, 2.45) is 0 Å². The predicted octanol–water partition coefficient (Wildman–Crippen LogP) is 4.73. The van der Waals surface area contributed by atoms with Gasteiger partial charge in [-0.3, -0.25) is 9.36 Å². The highest BCUT2D eigenvalue weighted by molar-refractivity contribution is 7.99. The van der Waals surface area contributed by atoms with Crippen molar-refractivity contribution >= 4 is 29.3 Å². The highest BCUT2D eigenvalue weighted by atomic mass is 35.5. The third kappa shape index (κ3) is 5.13. The van der Waals surface area contributed by atoms with E-state index in [0.29, 0.717) is 16.9 Å². The number of hydrogen-bond acceptors (Lipinski definition) is 5. The van der Waals surface area contributed by atoms with Gasteiger partial charge in [0.25, 0.3) is 0 Å². The van der Waals surface area contributed by atoms with Crippen LogP contribution in [0, 0.1) is 0 Å². The molecule has 2 aromatic carbocycles. The Hall–Kier alpha value is -3.16. The number of benzene rings is 2. The van der Waals surface area contributed by atoms with Crippen LogP contribution in [0.15, 0.2) is 84.1 Å². The maximum atomic E-state index is 12.7. The summed E-state index contributed by atoms with van der Waals surface area (Å²) in [4.78, 5) is 18.4. The molecule has 0 aliphatic rings.